The molecule has 0 unspecified atom stereocenters. The number of hydrogen-bond donors (Lipinski definition) is 2. The summed E-state index contributed by atoms with van der Waals surface area (Å²) >= 11 is 12.2. The molecule has 0 saturated heterocycles. The zero-order chi connectivity index (χ0) is 26.4. The lowest BCUT2D eigenvalue weighted by Crippen LogP contribution is -2.05. The number of benzene rings is 4. The number of halogens is 3. The zero-order valence-corrected chi connectivity index (χ0v) is 21.3. The molecule has 0 bridgehead atoms. The molecule has 7 heteroatoms. The van der Waals surface area contributed by atoms with Crippen LogP contribution in [0.4, 0.5) is 10.1 Å². The molecule has 4 aromatic rings. The highest BCUT2D eigenvalue weighted by Crippen LogP contribution is 2.30. The lowest BCUT2D eigenvalue weighted by molar-refractivity contribution is -0.137. The van der Waals surface area contributed by atoms with Gasteiger partial charge < -0.3 is 10.4 Å². The van der Waals surface area contributed by atoms with Crippen molar-refractivity contribution in [2.24, 2.45) is 0 Å². The Morgan fingerprint density at radius 2 is 1.38 bits per heavy atom. The monoisotopic (exact) mass is 535 g/mol. The van der Waals surface area contributed by atoms with E-state index in [1.165, 1.54) is 12.1 Å². The SMILES string of the molecule is O=C(O)CCCC(=O)c1ccc(-c2cc(Cl)ccc2CNc2ccc(-c3ccc(Cl)cc3)cc2)cc1F. The van der Waals surface area contributed by atoms with Crippen molar-refractivity contribution in [3.05, 3.63) is 112 Å². The number of ketones is 1. The third-order valence-corrected chi connectivity index (χ3v) is 6.48. The van der Waals surface area contributed by atoms with Crippen LogP contribution in [-0.2, 0) is 11.3 Å². The van der Waals surface area contributed by atoms with E-state index in [9.17, 15) is 14.0 Å². The van der Waals surface area contributed by atoms with Crippen molar-refractivity contribution in [2.75, 3.05) is 5.32 Å². The second-order valence-electron chi connectivity index (χ2n) is 8.60. The molecule has 37 heavy (non-hydrogen) atoms. The minimum absolute atomic E-state index is 0.0221. The van der Waals surface area contributed by atoms with Gasteiger partial charge in [-0.25, -0.2) is 4.39 Å². The summed E-state index contributed by atoms with van der Waals surface area (Å²) in [5.41, 5.74) is 5.28. The van der Waals surface area contributed by atoms with Crippen LogP contribution in [0.5, 0.6) is 0 Å². The Balaban J connectivity index is 1.49. The maximum absolute atomic E-state index is 14.9. The largest absolute Gasteiger partial charge is 0.481 e. The van der Waals surface area contributed by atoms with Crippen molar-refractivity contribution < 1.29 is 19.1 Å². The number of carboxylic acid groups (broad SMARTS) is 1. The van der Waals surface area contributed by atoms with E-state index in [1.807, 2.05) is 54.6 Å². The summed E-state index contributed by atoms with van der Waals surface area (Å²) in [6.07, 6.45) is 0.0139. The van der Waals surface area contributed by atoms with Gasteiger partial charge in [-0.15, -0.1) is 0 Å². The van der Waals surface area contributed by atoms with Crippen LogP contribution in [0.2, 0.25) is 10.0 Å². The van der Waals surface area contributed by atoms with Crippen LogP contribution in [0.15, 0.2) is 84.9 Å². The molecule has 0 atom stereocenters. The van der Waals surface area contributed by atoms with E-state index in [0.717, 1.165) is 27.9 Å². The molecule has 0 aliphatic carbocycles. The molecule has 0 radical (unpaired) electrons. The van der Waals surface area contributed by atoms with E-state index in [-0.39, 0.29) is 24.8 Å². The number of Topliss-reactive ketones (excluding diaryl/α,β-unsaturated/α-hetero) is 1. The van der Waals surface area contributed by atoms with E-state index in [2.05, 4.69) is 5.32 Å². The van der Waals surface area contributed by atoms with E-state index >= 15 is 0 Å². The first kappa shape index (κ1) is 26.4. The van der Waals surface area contributed by atoms with Gasteiger partial charge in [0, 0.05) is 35.1 Å². The third-order valence-electron chi connectivity index (χ3n) is 5.99. The Labute approximate surface area is 224 Å². The smallest absolute Gasteiger partial charge is 0.303 e. The normalized spacial score (nSPS) is 10.8. The number of carboxylic acids is 1. The van der Waals surface area contributed by atoms with Gasteiger partial charge in [0.1, 0.15) is 5.82 Å². The predicted molar refractivity (Wildman–Crippen MR) is 147 cm³/mol. The van der Waals surface area contributed by atoms with E-state index in [0.29, 0.717) is 22.2 Å². The second kappa shape index (κ2) is 12.0. The highest BCUT2D eigenvalue weighted by atomic mass is 35.5. The first-order valence-electron chi connectivity index (χ1n) is 11.7. The molecule has 0 fully saturated rings. The Hall–Kier alpha value is -3.67. The highest BCUT2D eigenvalue weighted by molar-refractivity contribution is 6.31. The Bertz CT molecular complexity index is 1420. The van der Waals surface area contributed by atoms with Crippen molar-refractivity contribution in [3.63, 3.8) is 0 Å². The number of aliphatic carboxylic acids is 1. The van der Waals surface area contributed by atoms with E-state index in [4.69, 9.17) is 28.3 Å². The standard InChI is InChI=1S/C30H24Cl2FNO3/c31-23-10-4-19(5-11-23)20-7-13-25(14-8-20)34-18-22-6-12-24(32)17-27(22)21-9-15-26(28(33)16-21)29(35)2-1-3-30(36)37/h4-17,34H,1-3,18H2,(H,36,37). The van der Waals surface area contributed by atoms with Crippen molar-refractivity contribution in [1.29, 1.82) is 0 Å². The average Bonchev–Trinajstić information content (AvgIpc) is 2.88. The van der Waals surface area contributed by atoms with Crippen molar-refractivity contribution in [3.8, 4) is 22.3 Å². The van der Waals surface area contributed by atoms with Gasteiger partial charge >= 0.3 is 5.97 Å². The number of hydrogen-bond acceptors (Lipinski definition) is 3. The molecule has 4 aromatic carbocycles. The lowest BCUT2D eigenvalue weighted by Gasteiger charge is -2.14. The summed E-state index contributed by atoms with van der Waals surface area (Å²) in [7, 11) is 0. The van der Waals surface area contributed by atoms with Gasteiger partial charge in [-0.2, -0.15) is 0 Å². The number of rotatable bonds is 10. The van der Waals surface area contributed by atoms with Crippen LogP contribution >= 0.6 is 23.2 Å². The van der Waals surface area contributed by atoms with Gasteiger partial charge in [0.2, 0.25) is 0 Å². The van der Waals surface area contributed by atoms with Crippen molar-refractivity contribution in [2.45, 2.75) is 25.8 Å². The van der Waals surface area contributed by atoms with Gasteiger partial charge in [-0.1, -0.05) is 59.6 Å². The highest BCUT2D eigenvalue weighted by Gasteiger charge is 2.15. The summed E-state index contributed by atoms with van der Waals surface area (Å²) in [5, 5.41) is 13.3. The summed E-state index contributed by atoms with van der Waals surface area (Å²) in [6.45, 7) is 0.476. The van der Waals surface area contributed by atoms with Gasteiger partial charge in [0.15, 0.2) is 5.78 Å². The Morgan fingerprint density at radius 1 is 0.757 bits per heavy atom. The second-order valence-corrected chi connectivity index (χ2v) is 9.48. The van der Waals surface area contributed by atoms with Crippen LogP contribution in [-0.4, -0.2) is 16.9 Å². The minimum Gasteiger partial charge on any atom is -0.481 e. The van der Waals surface area contributed by atoms with Crippen LogP contribution in [0, 0.1) is 5.82 Å². The van der Waals surface area contributed by atoms with Crippen LogP contribution in [0.1, 0.15) is 35.2 Å². The fraction of sp³-hybridized carbons (Fsp3) is 0.133. The number of anilines is 1. The molecule has 0 aromatic heterocycles. The molecule has 2 N–H and O–H groups in total. The molecular weight excluding hydrogens is 512 g/mol. The average molecular weight is 536 g/mol. The van der Waals surface area contributed by atoms with Gasteiger partial charge in [-0.05, 0) is 82.8 Å². The number of carbonyl (C=O) groups excluding carboxylic acids is 1. The molecule has 0 aliphatic heterocycles. The molecule has 4 rings (SSSR count). The first-order valence-corrected chi connectivity index (χ1v) is 12.5. The van der Waals surface area contributed by atoms with E-state index in [1.54, 1.807) is 18.2 Å². The van der Waals surface area contributed by atoms with Gasteiger partial charge in [0.05, 0.1) is 5.56 Å². The molecule has 188 valence electrons. The maximum atomic E-state index is 14.9. The molecular formula is C30H24Cl2FNO3. The molecule has 0 amide bonds. The number of carbonyl (C=O) groups is 2. The maximum Gasteiger partial charge on any atom is 0.303 e. The molecule has 0 spiro atoms. The van der Waals surface area contributed by atoms with Gasteiger partial charge in [-0.3, -0.25) is 9.59 Å². The summed E-state index contributed by atoms with van der Waals surface area (Å²) < 4.78 is 14.9. The van der Waals surface area contributed by atoms with Crippen molar-refractivity contribution in [1.82, 2.24) is 0 Å². The third kappa shape index (κ3) is 6.97. The number of nitrogens with one attached hydrogen (secondary N) is 1. The van der Waals surface area contributed by atoms with E-state index < -0.39 is 17.6 Å². The summed E-state index contributed by atoms with van der Waals surface area (Å²) in [6, 6.07) is 25.6. The minimum atomic E-state index is -0.983. The fourth-order valence-corrected chi connectivity index (χ4v) is 4.33. The van der Waals surface area contributed by atoms with Crippen LogP contribution in [0.3, 0.4) is 0 Å². The van der Waals surface area contributed by atoms with Gasteiger partial charge in [0.25, 0.3) is 0 Å². The quantitative estimate of drug-likeness (QED) is 0.200. The van der Waals surface area contributed by atoms with Crippen LogP contribution in [0.25, 0.3) is 22.3 Å². The Morgan fingerprint density at radius 3 is 2.03 bits per heavy atom. The zero-order valence-electron chi connectivity index (χ0n) is 19.8. The molecule has 0 saturated carbocycles. The lowest BCUT2D eigenvalue weighted by atomic mass is 9.96. The molecule has 0 heterocycles. The fourth-order valence-electron chi connectivity index (χ4n) is 4.04. The Kier molecular flexibility index (Phi) is 8.59. The topological polar surface area (TPSA) is 66.4 Å². The predicted octanol–water partition coefficient (Wildman–Crippen LogP) is 8.52. The van der Waals surface area contributed by atoms with Crippen LogP contribution < -0.4 is 5.32 Å². The summed E-state index contributed by atoms with van der Waals surface area (Å²) in [4.78, 5) is 23.0. The summed E-state index contributed by atoms with van der Waals surface area (Å²) in [5.74, 6) is -2.04. The van der Waals surface area contributed by atoms with Crippen molar-refractivity contribution >= 4 is 40.6 Å². The molecule has 0 aliphatic rings. The molecule has 4 nitrogen and oxygen atoms in total. The first-order chi connectivity index (χ1) is 17.8.